The number of morpholine rings is 1. The molecule has 3 atom stereocenters. The van der Waals surface area contributed by atoms with Crippen molar-refractivity contribution in [3.05, 3.63) is 53.9 Å². The summed E-state index contributed by atoms with van der Waals surface area (Å²) in [6.07, 6.45) is 4.37. The van der Waals surface area contributed by atoms with Crippen LogP contribution in [0.1, 0.15) is 17.5 Å². The molecular weight excluding hydrogens is 316 g/mol. The summed E-state index contributed by atoms with van der Waals surface area (Å²) in [5.74, 6) is 0.682. The van der Waals surface area contributed by atoms with Gasteiger partial charge in [0.05, 0.1) is 18.1 Å². The van der Waals surface area contributed by atoms with Gasteiger partial charge >= 0.3 is 0 Å². The molecule has 3 heterocycles. The standard InChI is InChI=1S/C19H22N4O2/c1-13-8-21-19(22-9-13)23-11-15-7-16(17(12-23)25-15)18(24)20-10-14-5-3-2-4-6-14/h2-6,8-9,15-17H,7,10-12H2,1H3,(H,20,24). The molecule has 0 spiro atoms. The van der Waals surface area contributed by atoms with Crippen molar-refractivity contribution in [2.24, 2.45) is 5.92 Å². The Kier molecular flexibility index (Phi) is 4.36. The van der Waals surface area contributed by atoms with Crippen molar-refractivity contribution in [1.82, 2.24) is 15.3 Å². The fourth-order valence-electron chi connectivity index (χ4n) is 3.56. The molecule has 130 valence electrons. The molecule has 25 heavy (non-hydrogen) atoms. The number of hydrogen-bond acceptors (Lipinski definition) is 5. The predicted octanol–water partition coefficient (Wildman–Crippen LogP) is 1.70. The molecule has 6 heteroatoms. The van der Waals surface area contributed by atoms with E-state index in [1.165, 1.54) is 0 Å². The number of nitrogens with zero attached hydrogens (tertiary/aromatic N) is 3. The summed E-state index contributed by atoms with van der Waals surface area (Å²) in [5, 5.41) is 3.05. The van der Waals surface area contributed by atoms with E-state index in [1.54, 1.807) is 0 Å². The normalized spacial score (nSPS) is 25.0. The van der Waals surface area contributed by atoms with Gasteiger partial charge in [-0.1, -0.05) is 30.3 Å². The first-order valence-electron chi connectivity index (χ1n) is 8.70. The number of fused-ring (bicyclic) bond motifs is 2. The molecule has 2 aliphatic rings. The maximum atomic E-state index is 12.6. The summed E-state index contributed by atoms with van der Waals surface area (Å²) >= 11 is 0. The number of carbonyl (C=O) groups is 1. The molecule has 1 N–H and O–H groups in total. The van der Waals surface area contributed by atoms with Gasteiger partial charge in [-0.25, -0.2) is 9.97 Å². The first kappa shape index (κ1) is 16.0. The number of hydrogen-bond donors (Lipinski definition) is 1. The van der Waals surface area contributed by atoms with Gasteiger partial charge < -0.3 is 15.0 Å². The Morgan fingerprint density at radius 3 is 2.76 bits per heavy atom. The molecule has 2 saturated heterocycles. The van der Waals surface area contributed by atoms with Crippen molar-refractivity contribution in [1.29, 1.82) is 0 Å². The van der Waals surface area contributed by atoms with E-state index in [0.29, 0.717) is 19.0 Å². The Labute approximate surface area is 147 Å². The van der Waals surface area contributed by atoms with Crippen LogP contribution >= 0.6 is 0 Å². The highest BCUT2D eigenvalue weighted by molar-refractivity contribution is 5.79. The number of nitrogens with one attached hydrogen (secondary N) is 1. The third-order valence-electron chi connectivity index (χ3n) is 4.85. The van der Waals surface area contributed by atoms with Gasteiger partial charge in [-0.2, -0.15) is 0 Å². The van der Waals surface area contributed by atoms with Gasteiger partial charge in [-0.3, -0.25) is 4.79 Å². The van der Waals surface area contributed by atoms with E-state index >= 15 is 0 Å². The minimum Gasteiger partial charge on any atom is -0.370 e. The van der Waals surface area contributed by atoms with Gasteiger partial charge in [0.1, 0.15) is 0 Å². The number of aromatic nitrogens is 2. The van der Waals surface area contributed by atoms with Crippen molar-refractivity contribution in [2.45, 2.75) is 32.1 Å². The minimum absolute atomic E-state index is 0.0659. The fourth-order valence-corrected chi connectivity index (χ4v) is 3.56. The van der Waals surface area contributed by atoms with Crippen LogP contribution in [0.25, 0.3) is 0 Å². The van der Waals surface area contributed by atoms with Gasteiger partial charge in [0.25, 0.3) is 0 Å². The van der Waals surface area contributed by atoms with Crippen LogP contribution < -0.4 is 10.2 Å². The maximum absolute atomic E-state index is 12.6. The van der Waals surface area contributed by atoms with E-state index in [-0.39, 0.29) is 24.0 Å². The summed E-state index contributed by atoms with van der Waals surface area (Å²) in [4.78, 5) is 23.5. The van der Waals surface area contributed by atoms with Crippen molar-refractivity contribution in [3.63, 3.8) is 0 Å². The van der Waals surface area contributed by atoms with Gasteiger partial charge in [0, 0.05) is 32.0 Å². The molecule has 4 rings (SSSR count). The summed E-state index contributed by atoms with van der Waals surface area (Å²) in [6.45, 7) is 3.92. The summed E-state index contributed by atoms with van der Waals surface area (Å²) in [6, 6.07) is 9.96. The Bertz CT molecular complexity index is 735. The number of anilines is 1. The Morgan fingerprint density at radius 1 is 1.24 bits per heavy atom. The maximum Gasteiger partial charge on any atom is 0.226 e. The van der Waals surface area contributed by atoms with Gasteiger partial charge in [0.2, 0.25) is 11.9 Å². The molecule has 2 fully saturated rings. The Balaban J connectivity index is 1.38. The summed E-state index contributed by atoms with van der Waals surface area (Å²) in [7, 11) is 0. The average molecular weight is 338 g/mol. The number of benzene rings is 1. The van der Waals surface area contributed by atoms with Crippen LogP contribution in [0.2, 0.25) is 0 Å². The van der Waals surface area contributed by atoms with E-state index in [4.69, 9.17) is 4.74 Å². The monoisotopic (exact) mass is 338 g/mol. The molecule has 0 saturated carbocycles. The molecule has 3 unspecified atom stereocenters. The molecule has 2 bridgehead atoms. The average Bonchev–Trinajstić information content (AvgIpc) is 2.95. The molecular formula is C19H22N4O2. The van der Waals surface area contributed by atoms with Crippen LogP contribution in [0.15, 0.2) is 42.7 Å². The zero-order valence-corrected chi connectivity index (χ0v) is 14.3. The minimum atomic E-state index is -0.107. The first-order chi connectivity index (χ1) is 12.2. The largest absolute Gasteiger partial charge is 0.370 e. The lowest BCUT2D eigenvalue weighted by molar-refractivity contribution is -0.126. The number of ether oxygens (including phenoxy) is 1. The van der Waals surface area contributed by atoms with Gasteiger partial charge in [-0.05, 0) is 24.5 Å². The highest BCUT2D eigenvalue weighted by Crippen LogP contribution is 2.33. The SMILES string of the molecule is Cc1cnc(N2CC3CC(C(=O)NCc4ccccc4)C(C2)O3)nc1. The molecule has 1 aromatic carbocycles. The third kappa shape index (κ3) is 3.49. The highest BCUT2D eigenvalue weighted by Gasteiger charge is 2.45. The van der Waals surface area contributed by atoms with E-state index in [0.717, 1.165) is 24.1 Å². The Hall–Kier alpha value is -2.47. The molecule has 1 aromatic heterocycles. The number of carbonyl (C=O) groups excluding carboxylic acids is 1. The topological polar surface area (TPSA) is 67.4 Å². The third-order valence-corrected chi connectivity index (χ3v) is 4.85. The van der Waals surface area contributed by atoms with Crippen molar-refractivity contribution in [3.8, 4) is 0 Å². The van der Waals surface area contributed by atoms with Crippen molar-refractivity contribution >= 4 is 11.9 Å². The predicted molar refractivity (Wildman–Crippen MR) is 94.0 cm³/mol. The van der Waals surface area contributed by atoms with E-state index in [1.807, 2.05) is 49.6 Å². The molecule has 6 nitrogen and oxygen atoms in total. The molecule has 0 radical (unpaired) electrons. The van der Waals surface area contributed by atoms with Crippen LogP contribution in [0.3, 0.4) is 0 Å². The quantitative estimate of drug-likeness (QED) is 0.919. The lowest BCUT2D eigenvalue weighted by Crippen LogP contribution is -2.46. The van der Waals surface area contributed by atoms with Crippen LogP contribution in [-0.4, -0.2) is 41.2 Å². The Morgan fingerprint density at radius 2 is 2.00 bits per heavy atom. The lowest BCUT2D eigenvalue weighted by atomic mass is 9.99. The molecule has 2 aromatic rings. The second-order valence-corrected chi connectivity index (χ2v) is 6.81. The number of rotatable bonds is 4. The van der Waals surface area contributed by atoms with Gasteiger partial charge in [-0.15, -0.1) is 0 Å². The van der Waals surface area contributed by atoms with Crippen molar-refractivity contribution < 1.29 is 9.53 Å². The molecule has 2 aliphatic heterocycles. The highest BCUT2D eigenvalue weighted by atomic mass is 16.5. The van der Waals surface area contributed by atoms with Crippen LogP contribution in [0, 0.1) is 12.8 Å². The molecule has 1 amide bonds. The van der Waals surface area contributed by atoms with Gasteiger partial charge in [0.15, 0.2) is 0 Å². The second-order valence-electron chi connectivity index (χ2n) is 6.81. The number of amides is 1. The zero-order valence-electron chi connectivity index (χ0n) is 14.3. The fraction of sp³-hybridized carbons (Fsp3) is 0.421. The van der Waals surface area contributed by atoms with Crippen molar-refractivity contribution in [2.75, 3.05) is 18.0 Å². The van der Waals surface area contributed by atoms with E-state index in [9.17, 15) is 4.79 Å². The van der Waals surface area contributed by atoms with E-state index < -0.39 is 0 Å². The lowest BCUT2D eigenvalue weighted by Gasteiger charge is -2.32. The first-order valence-corrected chi connectivity index (χ1v) is 8.70. The molecule has 0 aliphatic carbocycles. The summed E-state index contributed by atoms with van der Waals surface area (Å²) < 4.78 is 6.00. The smallest absolute Gasteiger partial charge is 0.226 e. The van der Waals surface area contributed by atoms with Crippen LogP contribution in [0.5, 0.6) is 0 Å². The number of aryl methyl sites for hydroxylation is 1. The zero-order chi connectivity index (χ0) is 17.2. The summed E-state index contributed by atoms with van der Waals surface area (Å²) in [5.41, 5.74) is 2.14. The van der Waals surface area contributed by atoms with Crippen LogP contribution in [-0.2, 0) is 16.1 Å². The second kappa shape index (κ2) is 6.80. The van der Waals surface area contributed by atoms with Crippen LogP contribution in [0.4, 0.5) is 5.95 Å². The van der Waals surface area contributed by atoms with E-state index in [2.05, 4.69) is 20.2 Å².